The van der Waals surface area contributed by atoms with Crippen molar-refractivity contribution in [1.82, 2.24) is 0 Å². The molecule has 0 heterocycles. The standard InChI is InChI=1S/C13H18N2O3S/c1-2-18-13(17)11(14)8-19-9-12(16)15-10-6-4-3-5-7-10/h3-7,11H,2,8-9,14H2,1H3,(H,15,16). The first-order valence-corrected chi connectivity index (χ1v) is 7.13. The van der Waals surface area contributed by atoms with Crippen molar-refractivity contribution in [2.45, 2.75) is 13.0 Å². The third-order valence-corrected chi connectivity index (χ3v) is 3.24. The van der Waals surface area contributed by atoms with Crippen LogP contribution in [-0.2, 0) is 14.3 Å². The van der Waals surface area contributed by atoms with Gasteiger partial charge in [-0.15, -0.1) is 11.8 Å². The van der Waals surface area contributed by atoms with E-state index in [9.17, 15) is 9.59 Å². The molecule has 0 saturated carbocycles. The van der Waals surface area contributed by atoms with E-state index in [-0.39, 0.29) is 11.7 Å². The maximum absolute atomic E-state index is 11.6. The Kier molecular flexibility index (Phi) is 6.99. The summed E-state index contributed by atoms with van der Waals surface area (Å²) in [6.45, 7) is 2.04. The van der Waals surface area contributed by atoms with Gasteiger partial charge in [0.05, 0.1) is 12.4 Å². The Morgan fingerprint density at radius 2 is 2.05 bits per heavy atom. The predicted octanol–water partition coefficient (Wildman–Crippen LogP) is 1.25. The second-order valence-electron chi connectivity index (χ2n) is 3.79. The number of amides is 1. The Bertz CT molecular complexity index is 412. The zero-order chi connectivity index (χ0) is 14.1. The number of benzene rings is 1. The van der Waals surface area contributed by atoms with Gasteiger partial charge in [-0.2, -0.15) is 0 Å². The Morgan fingerprint density at radius 1 is 1.37 bits per heavy atom. The van der Waals surface area contributed by atoms with E-state index in [1.807, 2.05) is 30.3 Å². The fraction of sp³-hybridized carbons (Fsp3) is 0.385. The van der Waals surface area contributed by atoms with Crippen molar-refractivity contribution in [1.29, 1.82) is 0 Å². The Balaban J connectivity index is 2.22. The summed E-state index contributed by atoms with van der Waals surface area (Å²) in [7, 11) is 0. The molecule has 1 atom stereocenters. The number of rotatable bonds is 7. The van der Waals surface area contributed by atoms with Crippen LogP contribution in [0.3, 0.4) is 0 Å². The van der Waals surface area contributed by atoms with Crippen molar-refractivity contribution in [3.05, 3.63) is 30.3 Å². The first-order valence-electron chi connectivity index (χ1n) is 5.98. The molecule has 1 unspecified atom stereocenters. The second kappa shape index (κ2) is 8.55. The minimum Gasteiger partial charge on any atom is -0.465 e. The van der Waals surface area contributed by atoms with Crippen molar-refractivity contribution in [2.75, 3.05) is 23.4 Å². The van der Waals surface area contributed by atoms with Crippen LogP contribution in [0.1, 0.15) is 6.92 Å². The molecule has 3 N–H and O–H groups in total. The van der Waals surface area contributed by atoms with Gasteiger partial charge in [-0.3, -0.25) is 9.59 Å². The number of nitrogens with two attached hydrogens (primary N) is 1. The molecule has 0 saturated heterocycles. The molecule has 6 heteroatoms. The molecule has 0 aliphatic rings. The van der Waals surface area contributed by atoms with Crippen LogP contribution < -0.4 is 11.1 Å². The number of carbonyl (C=O) groups is 2. The zero-order valence-corrected chi connectivity index (χ0v) is 11.6. The summed E-state index contributed by atoms with van der Waals surface area (Å²) in [5.74, 6) is 0.0639. The summed E-state index contributed by atoms with van der Waals surface area (Å²) >= 11 is 1.31. The lowest BCUT2D eigenvalue weighted by molar-refractivity contribution is -0.144. The number of esters is 1. The fourth-order valence-corrected chi connectivity index (χ4v) is 2.08. The van der Waals surface area contributed by atoms with Crippen LogP contribution in [-0.4, -0.2) is 36.0 Å². The second-order valence-corrected chi connectivity index (χ2v) is 4.82. The molecule has 0 fully saturated rings. The van der Waals surface area contributed by atoms with E-state index in [2.05, 4.69) is 5.32 Å². The number of anilines is 1. The fourth-order valence-electron chi connectivity index (χ4n) is 1.31. The summed E-state index contributed by atoms with van der Waals surface area (Å²) in [5, 5.41) is 2.75. The normalized spacial score (nSPS) is 11.7. The summed E-state index contributed by atoms with van der Waals surface area (Å²) in [4.78, 5) is 22.8. The lowest BCUT2D eigenvalue weighted by atomic mass is 10.3. The van der Waals surface area contributed by atoms with Crippen LogP contribution in [0.2, 0.25) is 0 Å². The number of ether oxygens (including phenoxy) is 1. The topological polar surface area (TPSA) is 81.4 Å². The van der Waals surface area contributed by atoms with E-state index in [1.54, 1.807) is 6.92 Å². The molecule has 0 aliphatic carbocycles. The lowest BCUT2D eigenvalue weighted by Gasteiger charge is -2.10. The summed E-state index contributed by atoms with van der Waals surface area (Å²) < 4.78 is 4.78. The van der Waals surface area contributed by atoms with Gasteiger partial charge in [-0.05, 0) is 19.1 Å². The van der Waals surface area contributed by atoms with Crippen molar-refractivity contribution in [3.63, 3.8) is 0 Å². The molecule has 1 aromatic carbocycles. The van der Waals surface area contributed by atoms with Crippen LogP contribution >= 0.6 is 11.8 Å². The molecule has 5 nitrogen and oxygen atoms in total. The largest absolute Gasteiger partial charge is 0.465 e. The van der Waals surface area contributed by atoms with E-state index in [1.165, 1.54) is 11.8 Å². The van der Waals surface area contributed by atoms with E-state index in [0.29, 0.717) is 12.4 Å². The van der Waals surface area contributed by atoms with E-state index in [4.69, 9.17) is 10.5 Å². The molecule has 104 valence electrons. The number of hydrogen-bond donors (Lipinski definition) is 2. The monoisotopic (exact) mass is 282 g/mol. The van der Waals surface area contributed by atoms with Crippen LogP contribution in [0.4, 0.5) is 5.69 Å². The van der Waals surface area contributed by atoms with Gasteiger partial charge in [0, 0.05) is 11.4 Å². The van der Waals surface area contributed by atoms with Gasteiger partial charge >= 0.3 is 5.97 Å². The molecular formula is C13H18N2O3S. The molecule has 1 rings (SSSR count). The van der Waals surface area contributed by atoms with Crippen LogP contribution in [0.5, 0.6) is 0 Å². The number of hydrogen-bond acceptors (Lipinski definition) is 5. The Hall–Kier alpha value is -1.53. The van der Waals surface area contributed by atoms with E-state index >= 15 is 0 Å². The first-order chi connectivity index (χ1) is 9.13. The molecule has 0 aliphatic heterocycles. The molecular weight excluding hydrogens is 264 g/mol. The lowest BCUT2D eigenvalue weighted by Crippen LogP contribution is -2.35. The van der Waals surface area contributed by atoms with Crippen molar-refractivity contribution in [2.24, 2.45) is 5.73 Å². The van der Waals surface area contributed by atoms with E-state index in [0.717, 1.165) is 5.69 Å². The molecule has 0 aromatic heterocycles. The third kappa shape index (κ3) is 6.26. The van der Waals surface area contributed by atoms with Crippen molar-refractivity contribution >= 4 is 29.3 Å². The average Bonchev–Trinajstić information content (AvgIpc) is 2.40. The summed E-state index contributed by atoms with van der Waals surface area (Å²) in [5.41, 5.74) is 6.37. The number of para-hydroxylation sites is 1. The van der Waals surface area contributed by atoms with Gasteiger partial charge in [-0.25, -0.2) is 0 Å². The van der Waals surface area contributed by atoms with Gasteiger partial charge in [-0.1, -0.05) is 18.2 Å². The Labute approximate surface area is 116 Å². The quantitative estimate of drug-likeness (QED) is 0.736. The van der Waals surface area contributed by atoms with Gasteiger partial charge in [0.15, 0.2) is 0 Å². The minimum absolute atomic E-state index is 0.118. The highest BCUT2D eigenvalue weighted by Gasteiger charge is 2.15. The predicted molar refractivity (Wildman–Crippen MR) is 77.0 cm³/mol. The summed E-state index contributed by atoms with van der Waals surface area (Å²) in [6, 6.07) is 8.51. The maximum Gasteiger partial charge on any atom is 0.323 e. The molecule has 0 radical (unpaired) electrons. The van der Waals surface area contributed by atoms with Crippen LogP contribution in [0.15, 0.2) is 30.3 Å². The Morgan fingerprint density at radius 3 is 2.68 bits per heavy atom. The van der Waals surface area contributed by atoms with Gasteiger partial charge < -0.3 is 15.8 Å². The van der Waals surface area contributed by atoms with Gasteiger partial charge in [0.1, 0.15) is 6.04 Å². The number of nitrogens with one attached hydrogen (secondary N) is 1. The third-order valence-electron chi connectivity index (χ3n) is 2.18. The van der Waals surface area contributed by atoms with Crippen molar-refractivity contribution in [3.8, 4) is 0 Å². The zero-order valence-electron chi connectivity index (χ0n) is 10.8. The van der Waals surface area contributed by atoms with Crippen molar-refractivity contribution < 1.29 is 14.3 Å². The molecule has 1 amide bonds. The van der Waals surface area contributed by atoms with Crippen LogP contribution in [0, 0.1) is 0 Å². The molecule has 1 aromatic rings. The average molecular weight is 282 g/mol. The van der Waals surface area contributed by atoms with Gasteiger partial charge in [0.2, 0.25) is 5.91 Å². The number of thioether (sulfide) groups is 1. The minimum atomic E-state index is -0.686. The maximum atomic E-state index is 11.6. The van der Waals surface area contributed by atoms with Crippen LogP contribution in [0.25, 0.3) is 0 Å². The highest BCUT2D eigenvalue weighted by Crippen LogP contribution is 2.08. The summed E-state index contributed by atoms with van der Waals surface area (Å²) in [6.07, 6.45) is 0. The first kappa shape index (κ1) is 15.5. The van der Waals surface area contributed by atoms with E-state index < -0.39 is 12.0 Å². The highest BCUT2D eigenvalue weighted by atomic mass is 32.2. The number of carbonyl (C=O) groups excluding carboxylic acids is 2. The SMILES string of the molecule is CCOC(=O)C(N)CSCC(=O)Nc1ccccc1. The smallest absolute Gasteiger partial charge is 0.323 e. The highest BCUT2D eigenvalue weighted by molar-refractivity contribution is 8.00. The molecule has 0 spiro atoms. The molecule has 19 heavy (non-hydrogen) atoms. The molecule has 0 bridgehead atoms. The van der Waals surface area contributed by atoms with Gasteiger partial charge in [0.25, 0.3) is 0 Å².